The van der Waals surface area contributed by atoms with Gasteiger partial charge in [0.2, 0.25) is 0 Å². The topological polar surface area (TPSA) is 70.7 Å². The van der Waals surface area contributed by atoms with E-state index >= 15 is 0 Å². The molecule has 0 atom stereocenters. The molecule has 5 rings (SSSR count). The minimum absolute atomic E-state index is 0.201. The molecule has 5 nitrogen and oxygen atoms in total. The maximum absolute atomic E-state index is 13.0. The van der Waals surface area contributed by atoms with Crippen molar-refractivity contribution in [3.8, 4) is 11.4 Å². The summed E-state index contributed by atoms with van der Waals surface area (Å²) in [6, 6.07) is 24.9. The summed E-state index contributed by atoms with van der Waals surface area (Å²) in [5.41, 5.74) is 4.59. The summed E-state index contributed by atoms with van der Waals surface area (Å²) in [6.45, 7) is 0. The first-order valence-electron chi connectivity index (χ1n) is 8.99. The number of benzene rings is 3. The Balaban J connectivity index is 1.55. The zero-order valence-corrected chi connectivity index (χ0v) is 14.9. The summed E-state index contributed by atoms with van der Waals surface area (Å²) >= 11 is 0. The van der Waals surface area contributed by atoms with Gasteiger partial charge >= 0.3 is 0 Å². The monoisotopic (exact) mass is 364 g/mol. The number of imidazole rings is 1. The Morgan fingerprint density at radius 1 is 0.857 bits per heavy atom. The highest BCUT2D eigenvalue weighted by Gasteiger charge is 2.15. The fourth-order valence-electron chi connectivity index (χ4n) is 3.36. The second-order valence-corrected chi connectivity index (χ2v) is 6.48. The lowest BCUT2D eigenvalue weighted by Crippen LogP contribution is -2.13. The molecule has 0 aliphatic carbocycles. The molecule has 0 saturated carbocycles. The van der Waals surface area contributed by atoms with Crippen molar-refractivity contribution in [1.29, 1.82) is 0 Å². The summed E-state index contributed by atoms with van der Waals surface area (Å²) in [7, 11) is 0. The van der Waals surface area contributed by atoms with Gasteiger partial charge < -0.3 is 10.3 Å². The smallest absolute Gasteiger partial charge is 0.257 e. The predicted octanol–water partition coefficient (Wildman–Crippen LogP) is 5.03. The molecule has 2 heterocycles. The Morgan fingerprint density at radius 2 is 1.68 bits per heavy atom. The van der Waals surface area contributed by atoms with Crippen LogP contribution in [0.25, 0.3) is 33.3 Å². The Bertz CT molecular complexity index is 1280. The molecule has 0 aliphatic rings. The molecule has 134 valence electrons. The molecular weight excluding hydrogens is 348 g/mol. The largest absolute Gasteiger partial charge is 0.338 e. The van der Waals surface area contributed by atoms with Crippen LogP contribution in [0.15, 0.2) is 85.1 Å². The number of H-pyrrole nitrogens is 1. The van der Waals surface area contributed by atoms with Crippen molar-refractivity contribution in [3.63, 3.8) is 0 Å². The Kier molecular flexibility index (Phi) is 3.84. The van der Waals surface area contributed by atoms with Crippen LogP contribution in [0.2, 0.25) is 0 Å². The lowest BCUT2D eigenvalue weighted by Gasteiger charge is -2.10. The number of carbonyl (C=O) groups excluding carboxylic acids is 1. The van der Waals surface area contributed by atoms with Crippen LogP contribution >= 0.6 is 0 Å². The molecule has 0 aliphatic heterocycles. The number of nitrogens with one attached hydrogen (secondary N) is 2. The quantitative estimate of drug-likeness (QED) is 0.472. The highest BCUT2D eigenvalue weighted by atomic mass is 16.1. The van der Waals surface area contributed by atoms with Crippen LogP contribution in [0.4, 0.5) is 5.69 Å². The molecule has 2 N–H and O–H groups in total. The molecular formula is C23H16N4O. The van der Waals surface area contributed by atoms with Crippen molar-refractivity contribution in [2.45, 2.75) is 0 Å². The van der Waals surface area contributed by atoms with Crippen LogP contribution in [-0.2, 0) is 0 Å². The van der Waals surface area contributed by atoms with E-state index in [1.165, 1.54) is 0 Å². The number of aromatic amines is 1. The molecule has 0 fully saturated rings. The molecule has 0 saturated heterocycles. The molecule has 0 bridgehead atoms. The number of para-hydroxylation sites is 4. The number of hydrogen-bond donors (Lipinski definition) is 2. The van der Waals surface area contributed by atoms with Gasteiger partial charge in [-0.25, -0.2) is 4.98 Å². The molecule has 0 radical (unpaired) electrons. The average molecular weight is 364 g/mol. The van der Waals surface area contributed by atoms with Crippen LogP contribution in [0.5, 0.6) is 0 Å². The molecule has 5 heteroatoms. The molecule has 5 aromatic rings. The third kappa shape index (κ3) is 2.79. The van der Waals surface area contributed by atoms with Gasteiger partial charge in [-0.15, -0.1) is 0 Å². The zero-order chi connectivity index (χ0) is 18.9. The van der Waals surface area contributed by atoms with Gasteiger partial charge in [0, 0.05) is 17.1 Å². The Morgan fingerprint density at radius 3 is 2.61 bits per heavy atom. The number of rotatable bonds is 3. The third-order valence-electron chi connectivity index (χ3n) is 4.70. The molecule has 0 spiro atoms. The first-order chi connectivity index (χ1) is 13.8. The number of fused-ring (bicyclic) bond motifs is 2. The van der Waals surface area contributed by atoms with Crippen molar-refractivity contribution < 1.29 is 4.79 Å². The number of carbonyl (C=O) groups is 1. The Hall–Kier alpha value is -3.99. The maximum Gasteiger partial charge on any atom is 0.257 e. The van der Waals surface area contributed by atoms with Crippen LogP contribution in [0.3, 0.4) is 0 Å². The van der Waals surface area contributed by atoms with Crippen molar-refractivity contribution in [3.05, 3.63) is 90.6 Å². The van der Waals surface area contributed by atoms with E-state index in [-0.39, 0.29) is 5.91 Å². The van der Waals surface area contributed by atoms with Crippen molar-refractivity contribution in [1.82, 2.24) is 15.0 Å². The predicted molar refractivity (Wildman–Crippen MR) is 111 cm³/mol. The average Bonchev–Trinajstić information content (AvgIpc) is 3.18. The molecule has 3 aromatic carbocycles. The summed E-state index contributed by atoms with van der Waals surface area (Å²) in [6.07, 6.45) is 1.70. The van der Waals surface area contributed by atoms with E-state index in [9.17, 15) is 4.79 Å². The van der Waals surface area contributed by atoms with Gasteiger partial charge in [-0.05, 0) is 36.4 Å². The van der Waals surface area contributed by atoms with Gasteiger partial charge in [0.25, 0.3) is 5.91 Å². The van der Waals surface area contributed by atoms with E-state index in [0.717, 1.165) is 22.0 Å². The number of nitrogens with zero attached hydrogens (tertiary/aromatic N) is 2. The fraction of sp³-hybridized carbons (Fsp3) is 0. The van der Waals surface area contributed by atoms with E-state index < -0.39 is 0 Å². The molecule has 2 aromatic heterocycles. The number of anilines is 1. The van der Waals surface area contributed by atoms with E-state index in [0.29, 0.717) is 22.6 Å². The van der Waals surface area contributed by atoms with Crippen LogP contribution in [0, 0.1) is 0 Å². The van der Waals surface area contributed by atoms with Crippen molar-refractivity contribution >= 4 is 33.5 Å². The van der Waals surface area contributed by atoms with Crippen LogP contribution in [-0.4, -0.2) is 20.9 Å². The SMILES string of the molecule is O=C(Nc1ccccc1-c1nc2ccccc2[nH]1)c1cccc2cccnc12. The van der Waals surface area contributed by atoms with Gasteiger partial charge in [-0.2, -0.15) is 0 Å². The summed E-state index contributed by atoms with van der Waals surface area (Å²) in [4.78, 5) is 25.4. The van der Waals surface area contributed by atoms with Crippen LogP contribution < -0.4 is 5.32 Å². The number of aromatic nitrogens is 3. The lowest BCUT2D eigenvalue weighted by molar-refractivity contribution is 0.102. The third-order valence-corrected chi connectivity index (χ3v) is 4.70. The molecule has 28 heavy (non-hydrogen) atoms. The van der Waals surface area contributed by atoms with Crippen molar-refractivity contribution in [2.24, 2.45) is 0 Å². The standard InChI is InChI=1S/C23H16N4O/c28-23(17-10-5-7-15-8-6-14-24-21(15)17)27-18-11-2-1-9-16(18)22-25-19-12-3-4-13-20(19)26-22/h1-14H,(H,25,26)(H,27,28). The number of pyridine rings is 1. The zero-order valence-electron chi connectivity index (χ0n) is 14.9. The normalized spacial score (nSPS) is 11.0. The summed E-state index contributed by atoms with van der Waals surface area (Å²) < 4.78 is 0. The van der Waals surface area contributed by atoms with Gasteiger partial charge in [-0.1, -0.05) is 42.5 Å². The van der Waals surface area contributed by atoms with E-state index in [1.54, 1.807) is 12.3 Å². The number of hydrogen-bond acceptors (Lipinski definition) is 3. The van der Waals surface area contributed by atoms with E-state index in [2.05, 4.69) is 20.3 Å². The first kappa shape index (κ1) is 16.2. The van der Waals surface area contributed by atoms with Crippen molar-refractivity contribution in [2.75, 3.05) is 5.32 Å². The second-order valence-electron chi connectivity index (χ2n) is 6.48. The number of amides is 1. The van der Waals surface area contributed by atoms with Gasteiger partial charge in [0.1, 0.15) is 5.82 Å². The fourth-order valence-corrected chi connectivity index (χ4v) is 3.36. The van der Waals surface area contributed by atoms with Gasteiger partial charge in [0.15, 0.2) is 0 Å². The summed E-state index contributed by atoms with van der Waals surface area (Å²) in [5.74, 6) is 0.515. The highest BCUT2D eigenvalue weighted by Crippen LogP contribution is 2.28. The second kappa shape index (κ2) is 6.63. The first-order valence-corrected chi connectivity index (χ1v) is 8.99. The van der Waals surface area contributed by atoms with E-state index in [4.69, 9.17) is 0 Å². The minimum Gasteiger partial charge on any atom is -0.338 e. The van der Waals surface area contributed by atoms with E-state index in [1.807, 2.05) is 72.8 Å². The molecule has 0 unspecified atom stereocenters. The minimum atomic E-state index is -0.201. The molecule has 1 amide bonds. The van der Waals surface area contributed by atoms with Gasteiger partial charge in [-0.3, -0.25) is 9.78 Å². The Labute approximate surface area is 161 Å². The van der Waals surface area contributed by atoms with Gasteiger partial charge in [0.05, 0.1) is 27.8 Å². The lowest BCUT2D eigenvalue weighted by atomic mass is 10.1. The maximum atomic E-state index is 13.0. The highest BCUT2D eigenvalue weighted by molar-refractivity contribution is 6.12. The van der Waals surface area contributed by atoms with Crippen LogP contribution in [0.1, 0.15) is 10.4 Å². The summed E-state index contributed by atoms with van der Waals surface area (Å²) in [5, 5.41) is 3.95.